The zero-order valence-electron chi connectivity index (χ0n) is 10.6. The zero-order valence-corrected chi connectivity index (χ0v) is 10.6. The van der Waals surface area contributed by atoms with Gasteiger partial charge >= 0.3 is 12.1 Å². The van der Waals surface area contributed by atoms with Crippen molar-refractivity contribution < 1.29 is 22.7 Å². The molecule has 0 saturated carbocycles. The average molecular weight is 267 g/mol. The van der Waals surface area contributed by atoms with Crippen LogP contribution in [-0.4, -0.2) is 43.3 Å². The minimum absolute atomic E-state index is 0.0411. The maximum Gasteiger partial charge on any atom is 0.389 e. The number of esters is 1. The molecular weight excluding hydrogens is 247 g/mol. The van der Waals surface area contributed by atoms with E-state index in [1.165, 1.54) is 7.11 Å². The van der Waals surface area contributed by atoms with Gasteiger partial charge in [0.15, 0.2) is 0 Å². The molecular formula is C12H20F3NO2. The highest BCUT2D eigenvalue weighted by Gasteiger charge is 2.29. The summed E-state index contributed by atoms with van der Waals surface area (Å²) in [7, 11) is 1.33. The van der Waals surface area contributed by atoms with Crippen molar-refractivity contribution in [1.82, 2.24) is 4.90 Å². The topological polar surface area (TPSA) is 29.5 Å². The largest absolute Gasteiger partial charge is 0.469 e. The standard InChI is InChI=1S/C12H20F3NO2/c1-18-11(17)9-10-5-2-3-7-16(10)8-4-6-12(13,14)15/h10H,2-9H2,1H3. The third kappa shape index (κ3) is 5.71. The minimum atomic E-state index is -4.09. The highest BCUT2D eigenvalue weighted by molar-refractivity contribution is 5.69. The van der Waals surface area contributed by atoms with Gasteiger partial charge in [-0.2, -0.15) is 13.2 Å². The lowest BCUT2D eigenvalue weighted by molar-refractivity contribution is -0.143. The number of methoxy groups -OCH3 is 1. The van der Waals surface area contributed by atoms with Crippen LogP contribution in [0.1, 0.15) is 38.5 Å². The van der Waals surface area contributed by atoms with Gasteiger partial charge in [0.1, 0.15) is 0 Å². The number of nitrogens with zero attached hydrogens (tertiary/aromatic N) is 1. The summed E-state index contributed by atoms with van der Waals surface area (Å²) in [5.41, 5.74) is 0. The summed E-state index contributed by atoms with van der Waals surface area (Å²) in [6.07, 6.45) is -1.59. The fraction of sp³-hybridized carbons (Fsp3) is 0.917. The van der Waals surface area contributed by atoms with E-state index in [9.17, 15) is 18.0 Å². The van der Waals surface area contributed by atoms with Gasteiger partial charge in [0.2, 0.25) is 0 Å². The zero-order chi connectivity index (χ0) is 13.6. The number of hydrogen-bond donors (Lipinski definition) is 0. The summed E-state index contributed by atoms with van der Waals surface area (Å²) in [5.74, 6) is -0.289. The molecule has 1 aliphatic rings. The Morgan fingerprint density at radius 2 is 2.11 bits per heavy atom. The third-order valence-corrected chi connectivity index (χ3v) is 3.28. The molecule has 1 rings (SSSR count). The lowest BCUT2D eigenvalue weighted by atomic mass is 9.99. The van der Waals surface area contributed by atoms with Gasteiger partial charge in [-0.05, 0) is 32.4 Å². The van der Waals surface area contributed by atoms with Crippen LogP contribution in [0.25, 0.3) is 0 Å². The Kier molecular flexibility index (Phi) is 5.91. The van der Waals surface area contributed by atoms with Crippen molar-refractivity contribution in [2.75, 3.05) is 20.2 Å². The molecule has 0 aromatic rings. The van der Waals surface area contributed by atoms with Crippen molar-refractivity contribution in [1.29, 1.82) is 0 Å². The van der Waals surface area contributed by atoms with E-state index in [1.807, 2.05) is 4.90 Å². The number of ether oxygens (including phenoxy) is 1. The van der Waals surface area contributed by atoms with Crippen LogP contribution in [0.3, 0.4) is 0 Å². The third-order valence-electron chi connectivity index (χ3n) is 3.28. The number of carbonyl (C=O) groups excluding carboxylic acids is 1. The Hall–Kier alpha value is -0.780. The lowest BCUT2D eigenvalue weighted by Crippen LogP contribution is -2.41. The summed E-state index contributed by atoms with van der Waals surface area (Å²) in [6.45, 7) is 1.18. The Labute approximate surface area is 105 Å². The SMILES string of the molecule is COC(=O)CC1CCCCN1CCCC(F)(F)F. The summed E-state index contributed by atoms with van der Waals surface area (Å²) >= 11 is 0. The number of halogens is 3. The molecule has 18 heavy (non-hydrogen) atoms. The fourth-order valence-corrected chi connectivity index (χ4v) is 2.34. The minimum Gasteiger partial charge on any atom is -0.469 e. The molecule has 0 aromatic heterocycles. The summed E-state index contributed by atoms with van der Waals surface area (Å²) < 4.78 is 40.9. The number of alkyl halides is 3. The van der Waals surface area contributed by atoms with Crippen molar-refractivity contribution in [3.05, 3.63) is 0 Å². The molecule has 1 heterocycles. The highest BCUT2D eigenvalue weighted by atomic mass is 19.4. The van der Waals surface area contributed by atoms with Crippen LogP contribution in [0.5, 0.6) is 0 Å². The van der Waals surface area contributed by atoms with Gasteiger partial charge in [0.05, 0.1) is 13.5 Å². The second kappa shape index (κ2) is 6.97. The second-order valence-electron chi connectivity index (χ2n) is 4.68. The Morgan fingerprint density at radius 1 is 1.39 bits per heavy atom. The van der Waals surface area contributed by atoms with Crippen molar-refractivity contribution >= 4 is 5.97 Å². The molecule has 3 nitrogen and oxygen atoms in total. The van der Waals surface area contributed by atoms with Gasteiger partial charge in [-0.15, -0.1) is 0 Å². The quantitative estimate of drug-likeness (QED) is 0.717. The van der Waals surface area contributed by atoms with E-state index in [-0.39, 0.29) is 24.9 Å². The molecule has 1 aliphatic heterocycles. The Morgan fingerprint density at radius 3 is 2.72 bits per heavy atom. The van der Waals surface area contributed by atoms with Crippen molar-refractivity contribution in [2.24, 2.45) is 0 Å². The molecule has 0 bridgehead atoms. The molecule has 1 saturated heterocycles. The summed E-state index contributed by atoms with van der Waals surface area (Å²) in [4.78, 5) is 13.2. The summed E-state index contributed by atoms with van der Waals surface area (Å²) in [5, 5.41) is 0. The van der Waals surface area contributed by atoms with Crippen LogP contribution in [0.4, 0.5) is 13.2 Å². The van der Waals surface area contributed by atoms with E-state index in [0.717, 1.165) is 25.8 Å². The normalized spacial score (nSPS) is 21.9. The van der Waals surface area contributed by atoms with E-state index in [1.54, 1.807) is 0 Å². The average Bonchev–Trinajstić information content (AvgIpc) is 2.29. The van der Waals surface area contributed by atoms with E-state index < -0.39 is 12.6 Å². The lowest BCUT2D eigenvalue weighted by Gasteiger charge is -2.35. The molecule has 106 valence electrons. The highest BCUT2D eigenvalue weighted by Crippen LogP contribution is 2.24. The van der Waals surface area contributed by atoms with E-state index >= 15 is 0 Å². The van der Waals surface area contributed by atoms with Crippen molar-refractivity contribution in [3.8, 4) is 0 Å². The van der Waals surface area contributed by atoms with E-state index in [4.69, 9.17) is 0 Å². The maximum absolute atomic E-state index is 12.1. The van der Waals surface area contributed by atoms with Gasteiger partial charge < -0.3 is 4.74 Å². The number of rotatable bonds is 5. The first-order valence-corrected chi connectivity index (χ1v) is 6.30. The van der Waals surface area contributed by atoms with Gasteiger partial charge in [-0.1, -0.05) is 6.42 Å². The second-order valence-corrected chi connectivity index (χ2v) is 4.68. The molecule has 1 fully saturated rings. The van der Waals surface area contributed by atoms with Gasteiger partial charge in [0, 0.05) is 12.5 Å². The van der Waals surface area contributed by atoms with Gasteiger partial charge in [0.25, 0.3) is 0 Å². The molecule has 0 aliphatic carbocycles. The van der Waals surface area contributed by atoms with Crippen LogP contribution in [-0.2, 0) is 9.53 Å². The van der Waals surface area contributed by atoms with Gasteiger partial charge in [-0.3, -0.25) is 9.69 Å². The molecule has 0 radical (unpaired) electrons. The molecule has 6 heteroatoms. The first kappa shape index (κ1) is 15.3. The van der Waals surface area contributed by atoms with E-state index in [0.29, 0.717) is 6.54 Å². The number of hydrogen-bond acceptors (Lipinski definition) is 3. The van der Waals surface area contributed by atoms with Crippen molar-refractivity contribution in [3.63, 3.8) is 0 Å². The molecule has 0 N–H and O–H groups in total. The Bertz CT molecular complexity index is 269. The number of likely N-dealkylation sites (tertiary alicyclic amines) is 1. The van der Waals surface area contributed by atoms with E-state index in [2.05, 4.69) is 4.74 Å². The molecule has 1 atom stereocenters. The number of piperidine rings is 1. The first-order valence-electron chi connectivity index (χ1n) is 6.30. The molecule has 0 amide bonds. The van der Waals surface area contributed by atoms with Crippen LogP contribution in [0, 0.1) is 0 Å². The molecule has 1 unspecified atom stereocenters. The monoisotopic (exact) mass is 267 g/mol. The summed E-state index contributed by atoms with van der Waals surface area (Å²) in [6, 6.07) is 0.0411. The number of carbonyl (C=O) groups is 1. The smallest absolute Gasteiger partial charge is 0.389 e. The first-order chi connectivity index (χ1) is 8.42. The van der Waals surface area contributed by atoms with Crippen molar-refractivity contribution in [2.45, 2.75) is 50.7 Å². The van der Waals surface area contributed by atoms with Crippen LogP contribution >= 0.6 is 0 Å². The van der Waals surface area contributed by atoms with Crippen LogP contribution in [0.2, 0.25) is 0 Å². The predicted molar refractivity (Wildman–Crippen MR) is 61.1 cm³/mol. The fourth-order valence-electron chi connectivity index (χ4n) is 2.34. The molecule has 0 aromatic carbocycles. The molecule has 0 spiro atoms. The van der Waals surface area contributed by atoms with Gasteiger partial charge in [-0.25, -0.2) is 0 Å². The van der Waals surface area contributed by atoms with Crippen LogP contribution < -0.4 is 0 Å². The maximum atomic E-state index is 12.1. The Balaban J connectivity index is 2.37. The van der Waals surface area contributed by atoms with Crippen LogP contribution in [0.15, 0.2) is 0 Å². The predicted octanol–water partition coefficient (Wildman–Crippen LogP) is 2.75.